The number of aromatic hydroxyl groups is 1. The third-order valence-electron chi connectivity index (χ3n) is 5.62. The summed E-state index contributed by atoms with van der Waals surface area (Å²) in [5, 5.41) is 10.8. The van der Waals surface area contributed by atoms with Crippen molar-refractivity contribution in [3.63, 3.8) is 0 Å². The molecule has 1 N–H and O–H groups in total. The number of benzene rings is 3. The third-order valence-corrected chi connectivity index (χ3v) is 7.48. The molecule has 6 nitrogen and oxygen atoms in total. The number of hydrogen-bond donors (Lipinski definition) is 1. The summed E-state index contributed by atoms with van der Waals surface area (Å²) in [6.45, 7) is 1.07. The number of para-hydroxylation sites is 2. The van der Waals surface area contributed by atoms with Gasteiger partial charge in [-0.3, -0.25) is 9.78 Å². The molecule has 164 valence electrons. The first kappa shape index (κ1) is 20.1. The van der Waals surface area contributed by atoms with E-state index in [1.807, 2.05) is 48.5 Å². The maximum Gasteiger partial charge on any atom is 0.265 e. The molecule has 0 radical (unpaired) electrons. The van der Waals surface area contributed by atoms with Crippen LogP contribution in [-0.2, 0) is 6.54 Å². The van der Waals surface area contributed by atoms with Crippen molar-refractivity contribution in [1.29, 1.82) is 0 Å². The molecule has 0 spiro atoms. The van der Waals surface area contributed by atoms with E-state index in [2.05, 4.69) is 4.98 Å². The average Bonchev–Trinajstić information content (AvgIpc) is 3.28. The van der Waals surface area contributed by atoms with Crippen molar-refractivity contribution in [1.82, 2.24) is 9.88 Å². The molecule has 0 atom stereocenters. The van der Waals surface area contributed by atoms with Gasteiger partial charge in [-0.2, -0.15) is 0 Å². The molecular formula is C25H18N2O4S2. The zero-order valence-corrected chi connectivity index (χ0v) is 19.0. The normalized spacial score (nSPS) is 14.2. The fourth-order valence-corrected chi connectivity index (χ4v) is 5.65. The van der Waals surface area contributed by atoms with Crippen LogP contribution in [0.25, 0.3) is 11.1 Å². The second-order valence-corrected chi connectivity index (χ2v) is 9.68. The van der Waals surface area contributed by atoms with Crippen LogP contribution in [0.1, 0.15) is 15.2 Å². The van der Waals surface area contributed by atoms with Crippen LogP contribution in [0.2, 0.25) is 0 Å². The Bertz CT molecular complexity index is 1370. The van der Waals surface area contributed by atoms with E-state index in [0.717, 1.165) is 38.0 Å². The van der Waals surface area contributed by atoms with Gasteiger partial charge in [0.15, 0.2) is 11.5 Å². The highest BCUT2D eigenvalue weighted by atomic mass is 32.2. The summed E-state index contributed by atoms with van der Waals surface area (Å²) < 4.78 is 12.1. The fourth-order valence-electron chi connectivity index (χ4n) is 4.08. The minimum Gasteiger partial charge on any atom is -0.504 e. The summed E-state index contributed by atoms with van der Waals surface area (Å²) in [5.41, 5.74) is 4.08. The van der Waals surface area contributed by atoms with E-state index in [1.165, 1.54) is 11.3 Å². The number of carbonyl (C=O) groups is 1. The number of nitrogens with zero attached hydrogens (tertiary/aromatic N) is 2. The Morgan fingerprint density at radius 1 is 1.06 bits per heavy atom. The van der Waals surface area contributed by atoms with Crippen LogP contribution in [-0.4, -0.2) is 34.0 Å². The monoisotopic (exact) mass is 474 g/mol. The smallest absolute Gasteiger partial charge is 0.265 e. The lowest BCUT2D eigenvalue weighted by atomic mass is 10.00. The second-order valence-electron chi connectivity index (χ2n) is 7.71. The van der Waals surface area contributed by atoms with E-state index in [4.69, 9.17) is 9.47 Å². The van der Waals surface area contributed by atoms with Gasteiger partial charge in [0.25, 0.3) is 5.91 Å². The topological polar surface area (TPSA) is 71.9 Å². The molecule has 0 bridgehead atoms. The van der Waals surface area contributed by atoms with E-state index in [0.29, 0.717) is 30.3 Å². The Labute approximate surface area is 198 Å². The molecule has 33 heavy (non-hydrogen) atoms. The first-order chi connectivity index (χ1) is 16.2. The maximum atomic E-state index is 12.9. The summed E-state index contributed by atoms with van der Waals surface area (Å²) in [4.78, 5) is 21.3. The van der Waals surface area contributed by atoms with E-state index in [9.17, 15) is 9.90 Å². The van der Waals surface area contributed by atoms with Gasteiger partial charge in [0, 0.05) is 17.7 Å². The number of amides is 1. The number of hydrogen-bond acceptors (Lipinski definition) is 7. The minimum atomic E-state index is -0.0905. The lowest BCUT2D eigenvalue weighted by Gasteiger charge is -2.23. The SMILES string of the molecule is O=C(c1cncs1)N1CCOc2c(O)cc(-c3cccc4c3Oc3ccccc3S4)cc2C1. The number of fused-ring (bicyclic) bond motifs is 3. The summed E-state index contributed by atoms with van der Waals surface area (Å²) in [5.74, 6) is 1.95. The fraction of sp³-hybridized carbons (Fsp3) is 0.120. The summed E-state index contributed by atoms with van der Waals surface area (Å²) in [7, 11) is 0. The highest BCUT2D eigenvalue weighted by Gasteiger charge is 2.26. The minimum absolute atomic E-state index is 0.0519. The van der Waals surface area contributed by atoms with Gasteiger partial charge < -0.3 is 19.5 Å². The Hall–Kier alpha value is -3.49. The number of aromatic nitrogens is 1. The number of phenols is 1. The van der Waals surface area contributed by atoms with Crippen LogP contribution in [0.15, 0.2) is 76.1 Å². The van der Waals surface area contributed by atoms with Crippen LogP contribution in [0.4, 0.5) is 0 Å². The summed E-state index contributed by atoms with van der Waals surface area (Å²) >= 11 is 2.98. The van der Waals surface area contributed by atoms with Crippen molar-refractivity contribution >= 4 is 29.0 Å². The van der Waals surface area contributed by atoms with Crippen LogP contribution in [0, 0.1) is 0 Å². The van der Waals surface area contributed by atoms with Crippen molar-refractivity contribution in [3.05, 3.63) is 76.7 Å². The van der Waals surface area contributed by atoms with E-state index in [-0.39, 0.29) is 11.7 Å². The molecule has 6 rings (SSSR count). The van der Waals surface area contributed by atoms with E-state index in [1.54, 1.807) is 34.4 Å². The lowest BCUT2D eigenvalue weighted by Crippen LogP contribution is -2.31. The van der Waals surface area contributed by atoms with Crippen molar-refractivity contribution in [2.75, 3.05) is 13.2 Å². The van der Waals surface area contributed by atoms with Gasteiger partial charge in [0.2, 0.25) is 0 Å². The van der Waals surface area contributed by atoms with Gasteiger partial charge in [0.1, 0.15) is 23.0 Å². The second kappa shape index (κ2) is 8.13. The molecule has 8 heteroatoms. The lowest BCUT2D eigenvalue weighted by molar-refractivity contribution is 0.0738. The van der Waals surface area contributed by atoms with Gasteiger partial charge in [-0.15, -0.1) is 11.3 Å². The molecule has 3 heterocycles. The number of rotatable bonds is 2. The number of carbonyl (C=O) groups excluding carboxylic acids is 1. The van der Waals surface area contributed by atoms with Gasteiger partial charge in [-0.25, -0.2) is 0 Å². The van der Waals surface area contributed by atoms with E-state index >= 15 is 0 Å². The standard InChI is InChI=1S/C25H18N2O4S2/c28-18-11-15(17-4-3-7-21-24(17)31-19-5-1-2-6-20(19)33-21)10-16-13-27(8-9-30-23(16)18)25(29)22-12-26-14-32-22/h1-7,10-12,14,28H,8-9,13H2. The van der Waals surface area contributed by atoms with Crippen molar-refractivity contribution < 1.29 is 19.4 Å². The van der Waals surface area contributed by atoms with Gasteiger partial charge in [-0.1, -0.05) is 36.0 Å². The van der Waals surface area contributed by atoms with Crippen LogP contribution in [0.5, 0.6) is 23.0 Å². The van der Waals surface area contributed by atoms with Gasteiger partial charge in [-0.05, 0) is 35.9 Å². The Morgan fingerprint density at radius 3 is 2.82 bits per heavy atom. The van der Waals surface area contributed by atoms with Crippen LogP contribution in [0.3, 0.4) is 0 Å². The summed E-state index contributed by atoms with van der Waals surface area (Å²) in [6, 6.07) is 17.6. The predicted molar refractivity (Wildman–Crippen MR) is 127 cm³/mol. The largest absolute Gasteiger partial charge is 0.504 e. The summed E-state index contributed by atoms with van der Waals surface area (Å²) in [6.07, 6.45) is 1.58. The third kappa shape index (κ3) is 3.61. The average molecular weight is 475 g/mol. The first-order valence-electron chi connectivity index (χ1n) is 10.4. The zero-order chi connectivity index (χ0) is 22.4. The Kier molecular flexibility index (Phi) is 4.96. The Balaban J connectivity index is 1.39. The molecule has 0 saturated heterocycles. The molecule has 1 amide bonds. The zero-order valence-electron chi connectivity index (χ0n) is 17.4. The molecule has 2 aliphatic rings. The molecule has 3 aromatic carbocycles. The highest BCUT2D eigenvalue weighted by molar-refractivity contribution is 7.99. The first-order valence-corrected chi connectivity index (χ1v) is 12.1. The van der Waals surface area contributed by atoms with Crippen molar-refractivity contribution in [2.45, 2.75) is 16.3 Å². The number of phenolic OH excluding ortho intramolecular Hbond substituents is 1. The molecule has 2 aliphatic heterocycles. The molecule has 1 aromatic heterocycles. The van der Waals surface area contributed by atoms with Crippen LogP contribution < -0.4 is 9.47 Å². The highest BCUT2D eigenvalue weighted by Crippen LogP contribution is 2.51. The van der Waals surface area contributed by atoms with Gasteiger partial charge >= 0.3 is 0 Å². The molecule has 0 saturated carbocycles. The quantitative estimate of drug-likeness (QED) is 0.348. The maximum absolute atomic E-state index is 12.9. The van der Waals surface area contributed by atoms with Crippen molar-refractivity contribution in [2.24, 2.45) is 0 Å². The van der Waals surface area contributed by atoms with E-state index < -0.39 is 0 Å². The van der Waals surface area contributed by atoms with Crippen molar-refractivity contribution in [3.8, 4) is 34.1 Å². The molecule has 0 fully saturated rings. The van der Waals surface area contributed by atoms with Gasteiger partial charge in [0.05, 0.1) is 28.0 Å². The molecule has 0 unspecified atom stereocenters. The Morgan fingerprint density at radius 2 is 1.94 bits per heavy atom. The molecule has 0 aliphatic carbocycles. The molecular weight excluding hydrogens is 456 g/mol. The molecule has 4 aromatic rings. The predicted octanol–water partition coefficient (Wildman–Crippen LogP) is 5.81. The number of thiazole rings is 1. The van der Waals surface area contributed by atoms with Crippen LogP contribution >= 0.6 is 23.1 Å². The number of ether oxygens (including phenoxy) is 2.